The van der Waals surface area contributed by atoms with E-state index >= 15 is 0 Å². The van der Waals surface area contributed by atoms with E-state index in [0.717, 1.165) is 241 Å². The van der Waals surface area contributed by atoms with Crippen LogP contribution in [0.1, 0.15) is 133 Å². The molecule has 1 atom stereocenters. The van der Waals surface area contributed by atoms with Gasteiger partial charge in [-0.25, -0.2) is 19.9 Å². The van der Waals surface area contributed by atoms with Gasteiger partial charge in [-0.3, -0.25) is 58.7 Å². The largest absolute Gasteiger partial charge is 0.504 e. The zero-order valence-corrected chi connectivity index (χ0v) is 66.9. The van der Waals surface area contributed by atoms with Gasteiger partial charge in [0.05, 0.1) is 83.7 Å². The number of aromatic amines is 4. The highest BCUT2D eigenvalue weighted by molar-refractivity contribution is 5.47. The average Bonchev–Trinajstić information content (AvgIpc) is 1.17. The maximum Gasteiger partial charge on any atom is 0.252 e. The molecule has 16 rings (SSSR count). The van der Waals surface area contributed by atoms with Crippen molar-refractivity contribution in [3.05, 3.63) is 196 Å². The zero-order valence-electron chi connectivity index (χ0n) is 66.9. The molecule has 4 aromatic heterocycles. The molecule has 0 bridgehead atoms. The fraction of sp³-hybridized carbons (Fsp3) is 0.529. The minimum Gasteiger partial charge on any atom is -0.504 e. The standard InChI is InChI=1S/C22H31N5O2.C21H28N4O4.2C21H28N4O3/c1-25(2)19-5-3-17(4-6-19)16-26-9-7-18(8-10-26)20-15-21(28)24-22(23-20)27-11-13-29-14-12-27;1-28-19-3-2-15(12-18(19)26)14-24-6-4-16(5-7-24)17-13-20(27)23-21(22-17)25-8-10-29-11-9-25;1-27-18-4-2-16(3-5-18)15-24-8-6-17(7-9-24)19-14-20(26)23-21(22-19)25-10-12-28-13-11-25;1-28-19-7-6-15(11-18(19)26)13-24-8-4-5-16(14-24)17-12-20(27)23-21(22-17)25-9-2-3-10-25/h3-6,15,18H,7-14,16H2,1-2H3,(H,23,24,28);2-3,12-13,16,26H,4-11,14H2,1H3,(H,22,23,27);2-5,14,17H,6-13,15H2,1H3,(H,22,23,26);6-7,11-12,16,26H,2-5,8-10,13-14H2,1H3,(H,22,23,27). The number of anilines is 5. The lowest BCUT2D eigenvalue weighted by Gasteiger charge is -2.32. The van der Waals surface area contributed by atoms with Gasteiger partial charge in [0.25, 0.3) is 22.2 Å². The van der Waals surface area contributed by atoms with Crippen LogP contribution in [0.15, 0.2) is 128 Å². The molecule has 0 radical (unpaired) electrons. The predicted octanol–water partition coefficient (Wildman–Crippen LogP) is 8.21. The van der Waals surface area contributed by atoms with Gasteiger partial charge in [0.15, 0.2) is 23.0 Å². The number of nitrogens with one attached hydrogen (secondary N) is 4. The summed E-state index contributed by atoms with van der Waals surface area (Å²) < 4.78 is 31.6. The third kappa shape index (κ3) is 23.0. The van der Waals surface area contributed by atoms with E-state index in [1.807, 2.05) is 24.3 Å². The first kappa shape index (κ1) is 82.1. The van der Waals surface area contributed by atoms with E-state index < -0.39 is 0 Å². The van der Waals surface area contributed by atoms with Gasteiger partial charge in [-0.05, 0) is 181 Å². The number of benzene rings is 4. The van der Waals surface area contributed by atoms with Crippen molar-refractivity contribution in [3.8, 4) is 28.7 Å². The fourth-order valence-corrected chi connectivity index (χ4v) is 16.5. The van der Waals surface area contributed by atoms with Crippen molar-refractivity contribution in [2.24, 2.45) is 0 Å². The molecule has 4 aromatic carbocycles. The molecule has 6 N–H and O–H groups in total. The van der Waals surface area contributed by atoms with E-state index in [-0.39, 0.29) is 45.6 Å². The zero-order chi connectivity index (χ0) is 79.3. The number of H-pyrrole nitrogens is 4. The lowest BCUT2D eigenvalue weighted by Crippen LogP contribution is -2.39. The molecule has 29 nitrogen and oxygen atoms in total. The summed E-state index contributed by atoms with van der Waals surface area (Å²) in [5.74, 6) is 6.20. The Bertz CT molecular complexity index is 4590. The van der Waals surface area contributed by atoms with Crippen molar-refractivity contribution in [1.82, 2.24) is 59.5 Å². The van der Waals surface area contributed by atoms with E-state index in [9.17, 15) is 29.4 Å². The molecule has 0 amide bonds. The quantitative estimate of drug-likeness (QED) is 0.0419. The molecule has 29 heteroatoms. The first-order chi connectivity index (χ1) is 55.5. The Labute approximate surface area is 667 Å². The number of hydrogen-bond donors (Lipinski definition) is 6. The lowest BCUT2D eigenvalue weighted by atomic mass is 9.93. The van der Waals surface area contributed by atoms with Gasteiger partial charge in [0.2, 0.25) is 23.8 Å². The Kier molecular flexibility index (Phi) is 29.1. The monoisotopic (exact) mass is 1570 g/mol. The molecule has 12 heterocycles. The van der Waals surface area contributed by atoms with Gasteiger partial charge in [0.1, 0.15) is 5.75 Å². The summed E-state index contributed by atoms with van der Waals surface area (Å²) in [4.78, 5) is 99.8. The smallest absolute Gasteiger partial charge is 0.252 e. The summed E-state index contributed by atoms with van der Waals surface area (Å²) in [6.07, 6.45) is 10.5. The second kappa shape index (κ2) is 40.4. The van der Waals surface area contributed by atoms with E-state index in [1.165, 1.54) is 16.8 Å². The topological polar surface area (TPSA) is 308 Å². The van der Waals surface area contributed by atoms with Crippen LogP contribution < -0.4 is 60.9 Å². The molecule has 114 heavy (non-hydrogen) atoms. The molecular weight excluding hydrogens is 1450 g/mol. The lowest BCUT2D eigenvalue weighted by molar-refractivity contribution is 0.122. The van der Waals surface area contributed by atoms with Crippen molar-refractivity contribution in [2.45, 2.75) is 114 Å². The number of nitrogens with zero attached hydrogens (tertiary/aromatic N) is 13. The summed E-state index contributed by atoms with van der Waals surface area (Å²) >= 11 is 0. The van der Waals surface area contributed by atoms with Gasteiger partial charge in [0, 0.05) is 153 Å². The maximum atomic E-state index is 12.2. The van der Waals surface area contributed by atoms with Crippen LogP contribution in [-0.4, -0.2) is 249 Å². The molecule has 8 saturated heterocycles. The minimum absolute atomic E-state index is 0.0556. The highest BCUT2D eigenvalue weighted by atomic mass is 16.5. The van der Waals surface area contributed by atoms with Crippen LogP contribution in [0.3, 0.4) is 0 Å². The van der Waals surface area contributed by atoms with Crippen molar-refractivity contribution >= 4 is 29.5 Å². The first-order valence-corrected chi connectivity index (χ1v) is 40.7. The van der Waals surface area contributed by atoms with Gasteiger partial charge >= 0.3 is 0 Å². The van der Waals surface area contributed by atoms with E-state index in [1.54, 1.807) is 69.9 Å². The highest BCUT2D eigenvalue weighted by Gasteiger charge is 2.30. The molecule has 612 valence electrons. The van der Waals surface area contributed by atoms with Crippen LogP contribution in [-0.2, 0) is 40.4 Å². The van der Waals surface area contributed by atoms with Gasteiger partial charge in [-0.1, -0.05) is 36.4 Å². The highest BCUT2D eigenvalue weighted by Crippen LogP contribution is 2.35. The first-order valence-electron chi connectivity index (χ1n) is 40.7. The number of phenols is 2. The van der Waals surface area contributed by atoms with Crippen LogP contribution in [0.25, 0.3) is 0 Å². The minimum atomic E-state index is -0.0902. The summed E-state index contributed by atoms with van der Waals surface area (Å²) in [6.45, 7) is 21.8. The SMILES string of the molecule is CN(C)c1ccc(CN2CCC(c3cc(=O)[nH]c(N4CCOCC4)n3)CC2)cc1.COc1ccc(CN2CCC(c3cc(=O)[nH]c(N4CCOCC4)n3)CC2)cc1.COc1ccc(CN2CCC(c3cc(=O)[nH]c(N4CCOCC4)n3)CC2)cc1O.COc1ccc(CN2CCCC(c3cc(=O)[nH]c(N4CCCC4)n3)C2)cc1O. The molecule has 0 spiro atoms. The fourth-order valence-electron chi connectivity index (χ4n) is 16.5. The molecule has 1 unspecified atom stereocenters. The molecule has 8 aromatic rings. The summed E-state index contributed by atoms with van der Waals surface area (Å²) in [5, 5.41) is 20.0. The van der Waals surface area contributed by atoms with Crippen molar-refractivity contribution in [1.29, 1.82) is 0 Å². The van der Waals surface area contributed by atoms with Gasteiger partial charge < -0.3 is 63.1 Å². The number of methoxy groups -OCH3 is 3. The molecular formula is C85H115N17O12. The molecule has 8 aliphatic heterocycles. The number of ether oxygens (including phenoxy) is 6. The number of rotatable bonds is 20. The summed E-state index contributed by atoms with van der Waals surface area (Å²) in [5.41, 5.74) is 9.35. The molecule has 0 aliphatic carbocycles. The Balaban J connectivity index is 0.000000133. The van der Waals surface area contributed by atoms with Crippen LogP contribution in [0, 0.1) is 0 Å². The molecule has 8 fully saturated rings. The maximum absolute atomic E-state index is 12.2. The Hall–Kier alpha value is -9.88. The van der Waals surface area contributed by atoms with Crippen molar-refractivity contribution in [3.63, 3.8) is 0 Å². The molecule has 0 saturated carbocycles. The second-order valence-corrected chi connectivity index (χ2v) is 31.1. The third-order valence-corrected chi connectivity index (χ3v) is 23.0. The predicted molar refractivity (Wildman–Crippen MR) is 442 cm³/mol. The number of phenolic OH excluding ortho intramolecular Hbond substituents is 2. The van der Waals surface area contributed by atoms with Gasteiger partial charge in [-0.2, -0.15) is 0 Å². The van der Waals surface area contributed by atoms with Crippen molar-refractivity contribution in [2.75, 3.05) is 204 Å². The molecule has 8 aliphatic rings. The van der Waals surface area contributed by atoms with E-state index in [0.29, 0.717) is 80.8 Å². The number of morpholine rings is 3. The van der Waals surface area contributed by atoms with Crippen LogP contribution >= 0.6 is 0 Å². The summed E-state index contributed by atoms with van der Waals surface area (Å²) in [7, 11) is 8.91. The van der Waals surface area contributed by atoms with Gasteiger partial charge in [-0.15, -0.1) is 0 Å². The van der Waals surface area contributed by atoms with E-state index in [2.05, 4.69) is 115 Å². The second-order valence-electron chi connectivity index (χ2n) is 31.1. The number of piperidine rings is 4. The number of aromatic nitrogens is 8. The van der Waals surface area contributed by atoms with Crippen LogP contribution in [0.4, 0.5) is 29.5 Å². The Morgan fingerprint density at radius 2 is 0.693 bits per heavy atom. The normalized spacial score (nSPS) is 19.2. The van der Waals surface area contributed by atoms with Crippen LogP contribution in [0.5, 0.6) is 28.7 Å². The Morgan fingerprint density at radius 3 is 1.04 bits per heavy atom. The van der Waals surface area contributed by atoms with Crippen LogP contribution in [0.2, 0.25) is 0 Å². The number of likely N-dealkylation sites (tertiary alicyclic amines) is 4. The number of aromatic hydroxyl groups is 2. The van der Waals surface area contributed by atoms with Crippen molar-refractivity contribution < 1.29 is 38.6 Å². The number of hydrogen-bond acceptors (Lipinski definition) is 25. The average molecular weight is 1570 g/mol. The van der Waals surface area contributed by atoms with E-state index in [4.69, 9.17) is 48.4 Å². The third-order valence-electron chi connectivity index (χ3n) is 23.0. The Morgan fingerprint density at radius 1 is 0.368 bits per heavy atom. The summed E-state index contributed by atoms with van der Waals surface area (Å²) in [6, 6.07) is 34.8.